The van der Waals surface area contributed by atoms with E-state index in [0.717, 1.165) is 0 Å². The van der Waals surface area contributed by atoms with Crippen molar-refractivity contribution in [1.29, 1.82) is 0 Å². The van der Waals surface area contributed by atoms with Crippen LogP contribution in [0.2, 0.25) is 0 Å². The Labute approximate surface area is 145 Å². The molecular weight excluding hydrogens is 351 g/mol. The monoisotopic (exact) mass is 364 g/mol. The van der Waals surface area contributed by atoms with E-state index in [1.54, 1.807) is 0 Å². The van der Waals surface area contributed by atoms with Gasteiger partial charge in [0.1, 0.15) is 0 Å². The second kappa shape index (κ2) is 8.16. The van der Waals surface area contributed by atoms with Gasteiger partial charge in [-0.05, 0) is 22.3 Å². The van der Waals surface area contributed by atoms with Gasteiger partial charge in [0.15, 0.2) is 0 Å². The topological polar surface area (TPSA) is 34.1 Å². The number of benzene rings is 3. The standard InChI is InChI=1S/C18H14.Cl2O2S/c1-3-7-15(8-4-1)17-11-13-18(14-12-17)16-9-5-2-6-10-16;1-5(2,3)4/h1-14H;. The molecule has 0 aliphatic heterocycles. The summed E-state index contributed by atoms with van der Waals surface area (Å²) in [6, 6.07) is 29.6. The maximum atomic E-state index is 9.16. The minimum absolute atomic E-state index is 1.26. The molecule has 0 atom stereocenters. The molecule has 0 aliphatic carbocycles. The zero-order valence-electron chi connectivity index (χ0n) is 12.1. The molecule has 5 heteroatoms. The molecule has 0 N–H and O–H groups in total. The summed E-state index contributed by atoms with van der Waals surface area (Å²) in [6.45, 7) is 0. The lowest BCUT2D eigenvalue weighted by Crippen LogP contribution is -1.79. The molecule has 0 unspecified atom stereocenters. The Morgan fingerprint density at radius 3 is 0.957 bits per heavy atom. The Bertz CT molecular complexity index is 765. The molecular formula is C18H14Cl2O2S. The van der Waals surface area contributed by atoms with Crippen molar-refractivity contribution >= 4 is 29.6 Å². The lowest BCUT2D eigenvalue weighted by Gasteiger charge is -2.04. The first-order chi connectivity index (χ1) is 10.9. The van der Waals surface area contributed by atoms with Gasteiger partial charge in [0.05, 0.1) is 0 Å². The maximum absolute atomic E-state index is 9.16. The van der Waals surface area contributed by atoms with Crippen molar-refractivity contribution in [1.82, 2.24) is 0 Å². The fourth-order valence-electron chi connectivity index (χ4n) is 2.12. The van der Waals surface area contributed by atoms with Gasteiger partial charge in [-0.15, -0.1) is 0 Å². The average molecular weight is 365 g/mol. The van der Waals surface area contributed by atoms with E-state index in [1.165, 1.54) is 22.3 Å². The summed E-state index contributed by atoms with van der Waals surface area (Å²) in [5, 5.41) is 0. The van der Waals surface area contributed by atoms with Crippen molar-refractivity contribution in [3.05, 3.63) is 84.9 Å². The third-order valence-electron chi connectivity index (χ3n) is 3.10. The van der Waals surface area contributed by atoms with E-state index in [1.807, 2.05) is 12.1 Å². The minimum atomic E-state index is -3.72. The second-order valence-corrected chi connectivity index (χ2v) is 8.36. The van der Waals surface area contributed by atoms with E-state index in [-0.39, 0.29) is 0 Å². The number of hydrogen-bond donors (Lipinski definition) is 0. The fraction of sp³-hybridized carbons (Fsp3) is 0. The zero-order valence-corrected chi connectivity index (χ0v) is 14.4. The lowest BCUT2D eigenvalue weighted by atomic mass is 10.0. The highest BCUT2D eigenvalue weighted by molar-refractivity contribution is 8.31. The average Bonchev–Trinajstić information content (AvgIpc) is 2.55. The summed E-state index contributed by atoms with van der Waals surface area (Å²) in [4.78, 5) is 0. The summed E-state index contributed by atoms with van der Waals surface area (Å²) in [5.74, 6) is 0. The highest BCUT2D eigenvalue weighted by Gasteiger charge is 1.98. The normalized spacial score (nSPS) is 10.5. The molecule has 3 rings (SSSR count). The van der Waals surface area contributed by atoms with Crippen LogP contribution in [-0.4, -0.2) is 8.42 Å². The molecule has 0 amide bonds. The molecule has 3 aromatic carbocycles. The highest BCUT2D eigenvalue weighted by Crippen LogP contribution is 2.24. The highest BCUT2D eigenvalue weighted by atomic mass is 36.0. The molecule has 118 valence electrons. The molecule has 0 saturated carbocycles. The van der Waals surface area contributed by atoms with Crippen molar-refractivity contribution in [2.24, 2.45) is 0 Å². The van der Waals surface area contributed by atoms with Crippen LogP contribution in [0, 0.1) is 0 Å². The molecule has 2 nitrogen and oxygen atoms in total. The third kappa shape index (κ3) is 6.45. The van der Waals surface area contributed by atoms with Crippen molar-refractivity contribution in [2.45, 2.75) is 0 Å². The van der Waals surface area contributed by atoms with E-state index in [2.05, 4.69) is 94.2 Å². The molecule has 0 bridgehead atoms. The largest absolute Gasteiger partial charge is 0.317 e. The summed E-state index contributed by atoms with van der Waals surface area (Å²) in [7, 11) is 4.81. The van der Waals surface area contributed by atoms with E-state index < -0.39 is 8.26 Å². The molecule has 0 saturated heterocycles. The Kier molecular flexibility index (Phi) is 6.22. The zero-order chi connectivity index (χ0) is 16.7. The fourth-order valence-corrected chi connectivity index (χ4v) is 2.12. The van der Waals surface area contributed by atoms with Gasteiger partial charge >= 0.3 is 8.26 Å². The van der Waals surface area contributed by atoms with Crippen molar-refractivity contribution in [3.8, 4) is 22.3 Å². The SMILES string of the molecule is O=S(=O)(Cl)Cl.c1ccc(-c2ccc(-c3ccccc3)cc2)cc1. The minimum Gasteiger partial charge on any atom is -0.195 e. The second-order valence-electron chi connectivity index (χ2n) is 4.69. The first-order valence-electron chi connectivity index (χ1n) is 6.78. The Hall–Kier alpha value is -1.81. The van der Waals surface area contributed by atoms with Gasteiger partial charge < -0.3 is 0 Å². The van der Waals surface area contributed by atoms with Crippen LogP contribution in [0.4, 0.5) is 0 Å². The van der Waals surface area contributed by atoms with Crippen LogP contribution >= 0.6 is 21.4 Å². The summed E-state index contributed by atoms with van der Waals surface area (Å²) >= 11 is 0. The van der Waals surface area contributed by atoms with Gasteiger partial charge in [-0.1, -0.05) is 84.9 Å². The number of hydrogen-bond acceptors (Lipinski definition) is 2. The van der Waals surface area contributed by atoms with E-state index in [0.29, 0.717) is 0 Å². The van der Waals surface area contributed by atoms with Crippen LogP contribution in [0.5, 0.6) is 0 Å². The lowest BCUT2D eigenvalue weighted by molar-refractivity contribution is 0.621. The van der Waals surface area contributed by atoms with Crippen LogP contribution < -0.4 is 0 Å². The Morgan fingerprint density at radius 1 is 0.478 bits per heavy atom. The predicted molar refractivity (Wildman–Crippen MR) is 97.9 cm³/mol. The molecule has 23 heavy (non-hydrogen) atoms. The van der Waals surface area contributed by atoms with Gasteiger partial charge in [-0.3, -0.25) is 0 Å². The third-order valence-corrected chi connectivity index (χ3v) is 3.10. The van der Waals surface area contributed by atoms with E-state index in [4.69, 9.17) is 8.42 Å². The summed E-state index contributed by atoms with van der Waals surface area (Å²) in [6.07, 6.45) is 0. The van der Waals surface area contributed by atoms with Crippen molar-refractivity contribution in [3.63, 3.8) is 0 Å². The molecule has 0 heterocycles. The van der Waals surface area contributed by atoms with Gasteiger partial charge in [-0.2, -0.15) is 8.42 Å². The first kappa shape index (κ1) is 17.5. The smallest absolute Gasteiger partial charge is 0.195 e. The van der Waals surface area contributed by atoms with Crippen LogP contribution in [0.1, 0.15) is 0 Å². The Balaban J connectivity index is 0.000000338. The van der Waals surface area contributed by atoms with Gasteiger partial charge in [0, 0.05) is 21.4 Å². The summed E-state index contributed by atoms with van der Waals surface area (Å²) in [5.41, 5.74) is 5.04. The van der Waals surface area contributed by atoms with Crippen LogP contribution in [-0.2, 0) is 8.26 Å². The number of rotatable bonds is 2. The van der Waals surface area contributed by atoms with E-state index in [9.17, 15) is 0 Å². The predicted octanol–water partition coefficient (Wildman–Crippen LogP) is 5.73. The summed E-state index contributed by atoms with van der Waals surface area (Å²) < 4.78 is 18.3. The van der Waals surface area contributed by atoms with Crippen LogP contribution in [0.25, 0.3) is 22.3 Å². The molecule has 0 spiro atoms. The molecule has 0 aliphatic rings. The van der Waals surface area contributed by atoms with Crippen molar-refractivity contribution in [2.75, 3.05) is 0 Å². The van der Waals surface area contributed by atoms with E-state index >= 15 is 0 Å². The maximum Gasteiger partial charge on any atom is 0.317 e. The van der Waals surface area contributed by atoms with Gasteiger partial charge in [-0.25, -0.2) is 0 Å². The van der Waals surface area contributed by atoms with Gasteiger partial charge in [0.2, 0.25) is 0 Å². The molecule has 3 aromatic rings. The van der Waals surface area contributed by atoms with Crippen molar-refractivity contribution < 1.29 is 8.42 Å². The van der Waals surface area contributed by atoms with Gasteiger partial charge in [0.25, 0.3) is 0 Å². The molecule has 0 radical (unpaired) electrons. The van der Waals surface area contributed by atoms with Crippen LogP contribution in [0.3, 0.4) is 0 Å². The first-order valence-corrected chi connectivity index (χ1v) is 9.92. The quantitative estimate of drug-likeness (QED) is 0.544. The number of halogens is 2. The Morgan fingerprint density at radius 2 is 0.696 bits per heavy atom. The molecule has 0 aromatic heterocycles. The van der Waals surface area contributed by atoms with Crippen LogP contribution in [0.15, 0.2) is 84.9 Å². The molecule has 0 fully saturated rings.